The second-order valence-corrected chi connectivity index (χ2v) is 13.3. The van der Waals surface area contributed by atoms with Crippen molar-refractivity contribution in [3.05, 3.63) is 157 Å². The summed E-state index contributed by atoms with van der Waals surface area (Å²) in [6.45, 7) is 4.79. The molecule has 0 saturated heterocycles. The molecule has 1 aliphatic heterocycles. The molecule has 0 unspecified atom stereocenters. The summed E-state index contributed by atoms with van der Waals surface area (Å²) >= 11 is 0. The molecular formula is C45H30O. The van der Waals surface area contributed by atoms with Gasteiger partial charge in [-0.1, -0.05) is 129 Å². The molecule has 0 amide bonds. The van der Waals surface area contributed by atoms with Gasteiger partial charge in [-0.3, -0.25) is 0 Å². The summed E-state index contributed by atoms with van der Waals surface area (Å²) in [5, 5.41) is 7.53. The number of hydrogen-bond donors (Lipinski definition) is 0. The fraction of sp³-hybridized carbons (Fsp3) is 0.0667. The lowest BCUT2D eigenvalue weighted by Gasteiger charge is -2.25. The normalized spacial score (nSPS) is 13.8. The topological polar surface area (TPSA) is 9.23 Å². The second-order valence-electron chi connectivity index (χ2n) is 13.3. The van der Waals surface area contributed by atoms with Crippen LogP contribution in [0, 0.1) is 0 Å². The molecule has 0 atom stereocenters. The average Bonchev–Trinajstić information content (AvgIpc) is 3.35. The molecule has 1 aliphatic carbocycles. The van der Waals surface area contributed by atoms with E-state index < -0.39 is 0 Å². The zero-order valence-corrected chi connectivity index (χ0v) is 25.8. The van der Waals surface area contributed by atoms with Crippen LogP contribution in [0.25, 0.3) is 76.8 Å². The number of ether oxygens (including phenoxy) is 1. The van der Waals surface area contributed by atoms with E-state index in [-0.39, 0.29) is 5.41 Å². The predicted molar refractivity (Wildman–Crippen MR) is 193 cm³/mol. The third-order valence-corrected chi connectivity index (χ3v) is 10.4. The summed E-state index contributed by atoms with van der Waals surface area (Å²) in [5.41, 5.74) is 12.8. The highest BCUT2D eigenvalue weighted by atomic mass is 16.5. The Labute approximate surface area is 268 Å². The molecule has 8 aromatic carbocycles. The lowest BCUT2D eigenvalue weighted by Crippen LogP contribution is -2.15. The van der Waals surface area contributed by atoms with Crippen LogP contribution in [-0.2, 0) is 5.41 Å². The van der Waals surface area contributed by atoms with Gasteiger partial charge < -0.3 is 4.74 Å². The van der Waals surface area contributed by atoms with Crippen LogP contribution in [0.2, 0.25) is 0 Å². The first kappa shape index (κ1) is 25.6. The number of hydrogen-bond acceptors (Lipinski definition) is 1. The van der Waals surface area contributed by atoms with Gasteiger partial charge in [0.2, 0.25) is 0 Å². The van der Waals surface area contributed by atoms with E-state index in [1.807, 2.05) is 6.07 Å². The summed E-state index contributed by atoms with van der Waals surface area (Å²) in [6.07, 6.45) is 0. The third kappa shape index (κ3) is 3.46. The molecule has 10 rings (SSSR count). The average molecular weight is 587 g/mol. The van der Waals surface area contributed by atoms with Gasteiger partial charge in [-0.05, 0) is 107 Å². The fourth-order valence-corrected chi connectivity index (χ4v) is 8.29. The summed E-state index contributed by atoms with van der Waals surface area (Å²) in [6, 6.07) is 53.4. The van der Waals surface area contributed by atoms with E-state index >= 15 is 0 Å². The van der Waals surface area contributed by atoms with Gasteiger partial charge in [0.05, 0.1) is 0 Å². The van der Waals surface area contributed by atoms with Crippen LogP contribution in [0.4, 0.5) is 0 Å². The fourth-order valence-electron chi connectivity index (χ4n) is 8.29. The minimum absolute atomic E-state index is 0.146. The first-order valence-corrected chi connectivity index (χ1v) is 16.1. The zero-order chi connectivity index (χ0) is 30.6. The van der Waals surface area contributed by atoms with Crippen molar-refractivity contribution >= 4 is 32.3 Å². The van der Waals surface area contributed by atoms with E-state index in [1.165, 1.54) is 82.4 Å². The highest BCUT2D eigenvalue weighted by Crippen LogP contribution is 2.56. The Morgan fingerprint density at radius 3 is 2.04 bits per heavy atom. The van der Waals surface area contributed by atoms with E-state index in [9.17, 15) is 0 Å². The molecule has 1 heteroatoms. The van der Waals surface area contributed by atoms with E-state index in [0.717, 1.165) is 17.1 Å². The Kier molecular flexibility index (Phi) is 5.12. The number of rotatable bonds is 2. The molecule has 0 saturated carbocycles. The summed E-state index contributed by atoms with van der Waals surface area (Å²) < 4.78 is 6.42. The van der Waals surface area contributed by atoms with Crippen LogP contribution in [0.1, 0.15) is 25.0 Å². The first-order chi connectivity index (χ1) is 22.6. The van der Waals surface area contributed by atoms with Gasteiger partial charge in [-0.25, -0.2) is 0 Å². The van der Waals surface area contributed by atoms with Crippen LogP contribution < -0.4 is 4.74 Å². The van der Waals surface area contributed by atoms with Gasteiger partial charge >= 0.3 is 0 Å². The van der Waals surface area contributed by atoms with E-state index in [2.05, 4.69) is 153 Å². The Hall–Kier alpha value is -5.66. The van der Waals surface area contributed by atoms with E-state index in [1.54, 1.807) is 0 Å². The van der Waals surface area contributed by atoms with Gasteiger partial charge in [0.25, 0.3) is 0 Å². The van der Waals surface area contributed by atoms with Crippen LogP contribution in [0.15, 0.2) is 146 Å². The number of benzene rings is 8. The largest absolute Gasteiger partial charge is 0.456 e. The Morgan fingerprint density at radius 2 is 1.15 bits per heavy atom. The molecule has 1 heterocycles. The molecule has 0 radical (unpaired) electrons. The maximum Gasteiger partial charge on any atom is 0.135 e. The molecular weight excluding hydrogens is 556 g/mol. The summed E-state index contributed by atoms with van der Waals surface area (Å²) in [7, 11) is 0. The highest BCUT2D eigenvalue weighted by molar-refractivity contribution is 6.12. The lowest BCUT2D eigenvalue weighted by atomic mass is 9.78. The standard InChI is InChI=1S/C45H30O/c1-45(2)39-16-7-5-13-36(39)43-37(29-19-18-27-10-3-4-11-28(27)24-29)25-31-21-20-30(26-38(31)44(43)45)32-22-23-41-42-34(32)14-9-15-35(42)33-12-6-8-17-40(33)46-41/h3-26H,1-2H3. The Bertz CT molecular complexity index is 2590. The van der Waals surface area contributed by atoms with Crippen molar-refractivity contribution in [2.24, 2.45) is 0 Å². The second kappa shape index (κ2) is 9.19. The molecule has 0 N–H and O–H groups in total. The van der Waals surface area contributed by atoms with Gasteiger partial charge in [-0.2, -0.15) is 0 Å². The molecule has 46 heavy (non-hydrogen) atoms. The molecule has 2 aliphatic rings. The van der Waals surface area contributed by atoms with E-state index in [0.29, 0.717) is 0 Å². The van der Waals surface area contributed by atoms with Crippen LogP contribution in [0.3, 0.4) is 0 Å². The van der Waals surface area contributed by atoms with Crippen molar-refractivity contribution < 1.29 is 4.74 Å². The first-order valence-electron chi connectivity index (χ1n) is 16.1. The quantitative estimate of drug-likeness (QED) is 0.196. The predicted octanol–water partition coefficient (Wildman–Crippen LogP) is 12.6. The van der Waals surface area contributed by atoms with Gasteiger partial charge in [-0.15, -0.1) is 0 Å². The smallest absolute Gasteiger partial charge is 0.135 e. The maximum absolute atomic E-state index is 6.42. The van der Waals surface area contributed by atoms with Gasteiger partial charge in [0.1, 0.15) is 11.5 Å². The number of fused-ring (bicyclic) bond motifs is 8. The van der Waals surface area contributed by atoms with Crippen molar-refractivity contribution in [1.29, 1.82) is 0 Å². The van der Waals surface area contributed by atoms with Crippen LogP contribution in [0.5, 0.6) is 11.5 Å². The Morgan fingerprint density at radius 1 is 0.435 bits per heavy atom. The molecule has 216 valence electrons. The van der Waals surface area contributed by atoms with Crippen molar-refractivity contribution in [2.75, 3.05) is 0 Å². The van der Waals surface area contributed by atoms with Gasteiger partial charge in [0, 0.05) is 16.4 Å². The van der Waals surface area contributed by atoms with Crippen LogP contribution in [-0.4, -0.2) is 0 Å². The summed E-state index contributed by atoms with van der Waals surface area (Å²) in [4.78, 5) is 0. The van der Waals surface area contributed by atoms with E-state index in [4.69, 9.17) is 4.74 Å². The highest BCUT2D eigenvalue weighted by Gasteiger charge is 2.38. The van der Waals surface area contributed by atoms with Crippen molar-refractivity contribution in [1.82, 2.24) is 0 Å². The summed E-state index contributed by atoms with van der Waals surface area (Å²) in [5.74, 6) is 1.84. The molecule has 0 spiro atoms. The Balaban J connectivity index is 1.24. The molecule has 1 nitrogen and oxygen atoms in total. The maximum atomic E-state index is 6.42. The van der Waals surface area contributed by atoms with Crippen molar-refractivity contribution in [3.63, 3.8) is 0 Å². The monoisotopic (exact) mass is 586 g/mol. The van der Waals surface area contributed by atoms with Crippen LogP contribution >= 0.6 is 0 Å². The SMILES string of the molecule is CC1(C)c2ccccc2-c2c(-c3ccc4ccccc4c3)cc3ccc(-c4ccc5c6c(cccc46)-c4ccccc4O5)cc3c21. The van der Waals surface area contributed by atoms with Crippen molar-refractivity contribution in [2.45, 2.75) is 19.3 Å². The third-order valence-electron chi connectivity index (χ3n) is 10.4. The molecule has 0 aromatic heterocycles. The molecule has 0 fully saturated rings. The van der Waals surface area contributed by atoms with Crippen molar-refractivity contribution in [3.8, 4) is 56.0 Å². The molecule has 8 aromatic rings. The molecule has 0 bridgehead atoms. The van der Waals surface area contributed by atoms with Gasteiger partial charge in [0.15, 0.2) is 0 Å². The minimum Gasteiger partial charge on any atom is -0.456 e. The minimum atomic E-state index is -0.146. The lowest BCUT2D eigenvalue weighted by molar-refractivity contribution is 0.487. The number of para-hydroxylation sites is 1. The zero-order valence-electron chi connectivity index (χ0n) is 25.8.